The van der Waals surface area contributed by atoms with Gasteiger partial charge in [0, 0.05) is 50.9 Å². The van der Waals surface area contributed by atoms with Gasteiger partial charge in [-0.1, -0.05) is 12.1 Å². The fourth-order valence-electron chi connectivity index (χ4n) is 3.32. The summed E-state index contributed by atoms with van der Waals surface area (Å²) in [7, 11) is 2.17. The lowest BCUT2D eigenvalue weighted by molar-refractivity contribution is 0.0950. The second-order valence-electron chi connectivity index (χ2n) is 6.78. The molecule has 2 fully saturated rings. The Hall–Kier alpha value is -0.850. The number of nitrogens with zero attached hydrogens (tertiary/aromatic N) is 2. The Balaban J connectivity index is 0.00000156. The molecule has 0 bridgehead atoms. The van der Waals surface area contributed by atoms with Gasteiger partial charge in [0.05, 0.1) is 0 Å². The quantitative estimate of drug-likeness (QED) is 0.806. The van der Waals surface area contributed by atoms with Crippen LogP contribution in [0.25, 0.3) is 0 Å². The number of benzene rings is 1. The molecule has 25 heavy (non-hydrogen) atoms. The number of halogens is 2. The van der Waals surface area contributed by atoms with Gasteiger partial charge in [-0.2, -0.15) is 0 Å². The van der Waals surface area contributed by atoms with Gasteiger partial charge in [0.15, 0.2) is 0 Å². The summed E-state index contributed by atoms with van der Waals surface area (Å²) in [6.07, 6.45) is 2.37. The van der Waals surface area contributed by atoms with Crippen LogP contribution in [0, 0.1) is 0 Å². The molecule has 2 aliphatic heterocycles. The maximum Gasteiger partial charge on any atom is 0.251 e. The third-order valence-electron chi connectivity index (χ3n) is 4.86. The molecule has 3 rings (SSSR count). The lowest BCUT2D eigenvalue weighted by Gasteiger charge is -2.32. The van der Waals surface area contributed by atoms with E-state index in [1.54, 1.807) is 0 Å². The van der Waals surface area contributed by atoms with Gasteiger partial charge in [0.2, 0.25) is 0 Å². The SMILES string of the molecule is CN1CCN(Cc2cccc(C(=O)NCC3CCCN3)c2)CC1.Cl.Cl. The summed E-state index contributed by atoms with van der Waals surface area (Å²) in [6, 6.07) is 8.50. The van der Waals surface area contributed by atoms with Crippen molar-refractivity contribution < 1.29 is 4.79 Å². The van der Waals surface area contributed by atoms with E-state index in [2.05, 4.69) is 33.5 Å². The van der Waals surface area contributed by atoms with Crippen LogP contribution in [0.15, 0.2) is 24.3 Å². The van der Waals surface area contributed by atoms with Crippen LogP contribution in [-0.4, -0.2) is 68.1 Å². The molecule has 7 heteroatoms. The summed E-state index contributed by atoms with van der Waals surface area (Å²) >= 11 is 0. The number of rotatable bonds is 5. The summed E-state index contributed by atoms with van der Waals surface area (Å²) in [4.78, 5) is 17.1. The molecule has 2 heterocycles. The molecule has 2 saturated heterocycles. The molecule has 1 aromatic carbocycles. The van der Waals surface area contributed by atoms with E-state index in [0.717, 1.165) is 57.8 Å². The lowest BCUT2D eigenvalue weighted by Crippen LogP contribution is -2.43. The summed E-state index contributed by atoms with van der Waals surface area (Å²) in [5.41, 5.74) is 2.00. The average Bonchev–Trinajstić information content (AvgIpc) is 3.08. The molecule has 142 valence electrons. The Bertz CT molecular complexity index is 530. The number of nitrogens with one attached hydrogen (secondary N) is 2. The summed E-state index contributed by atoms with van der Waals surface area (Å²) in [5, 5.41) is 6.46. The fourth-order valence-corrected chi connectivity index (χ4v) is 3.32. The molecule has 1 aromatic rings. The molecular formula is C18H30Cl2N4O. The Morgan fingerprint density at radius 2 is 2.00 bits per heavy atom. The first-order chi connectivity index (χ1) is 11.2. The molecule has 0 aliphatic carbocycles. The number of hydrogen-bond donors (Lipinski definition) is 2. The number of amides is 1. The first-order valence-corrected chi connectivity index (χ1v) is 8.72. The van der Waals surface area contributed by atoms with E-state index in [-0.39, 0.29) is 30.7 Å². The van der Waals surface area contributed by atoms with Crippen molar-refractivity contribution in [2.75, 3.05) is 46.3 Å². The van der Waals surface area contributed by atoms with Crippen LogP contribution in [0.3, 0.4) is 0 Å². The van der Waals surface area contributed by atoms with E-state index in [9.17, 15) is 4.79 Å². The molecule has 5 nitrogen and oxygen atoms in total. The topological polar surface area (TPSA) is 47.6 Å². The van der Waals surface area contributed by atoms with Crippen LogP contribution in [-0.2, 0) is 6.54 Å². The minimum atomic E-state index is 0. The molecule has 2 aliphatic rings. The molecule has 0 spiro atoms. The molecule has 1 atom stereocenters. The number of carbonyl (C=O) groups excluding carboxylic acids is 1. The summed E-state index contributed by atoms with van der Waals surface area (Å²) in [5.74, 6) is 0.0407. The largest absolute Gasteiger partial charge is 0.350 e. The maximum absolute atomic E-state index is 12.3. The van der Waals surface area contributed by atoms with Gasteiger partial charge in [-0.3, -0.25) is 9.69 Å². The molecular weight excluding hydrogens is 359 g/mol. The number of piperazine rings is 1. The zero-order valence-electron chi connectivity index (χ0n) is 14.9. The van der Waals surface area contributed by atoms with Crippen molar-refractivity contribution >= 4 is 30.7 Å². The van der Waals surface area contributed by atoms with Crippen molar-refractivity contribution in [1.29, 1.82) is 0 Å². The van der Waals surface area contributed by atoms with Crippen molar-refractivity contribution in [2.24, 2.45) is 0 Å². The lowest BCUT2D eigenvalue weighted by atomic mass is 10.1. The Morgan fingerprint density at radius 1 is 1.24 bits per heavy atom. The normalized spacial score (nSPS) is 21.2. The van der Waals surface area contributed by atoms with Crippen LogP contribution in [0.5, 0.6) is 0 Å². The second-order valence-corrected chi connectivity index (χ2v) is 6.78. The van der Waals surface area contributed by atoms with Crippen molar-refractivity contribution in [3.05, 3.63) is 35.4 Å². The van der Waals surface area contributed by atoms with Crippen molar-refractivity contribution in [3.63, 3.8) is 0 Å². The summed E-state index contributed by atoms with van der Waals surface area (Å²) < 4.78 is 0. The Kier molecular flexibility index (Phi) is 9.75. The van der Waals surface area contributed by atoms with E-state index in [4.69, 9.17) is 0 Å². The monoisotopic (exact) mass is 388 g/mol. The third-order valence-corrected chi connectivity index (χ3v) is 4.86. The minimum absolute atomic E-state index is 0. The van der Waals surface area contributed by atoms with Gasteiger partial charge < -0.3 is 15.5 Å². The first-order valence-electron chi connectivity index (χ1n) is 8.72. The molecule has 0 saturated carbocycles. The van der Waals surface area contributed by atoms with Gasteiger partial charge in [-0.05, 0) is 44.1 Å². The van der Waals surface area contributed by atoms with E-state index >= 15 is 0 Å². The predicted octanol–water partition coefficient (Wildman–Crippen LogP) is 1.76. The highest BCUT2D eigenvalue weighted by molar-refractivity contribution is 5.94. The standard InChI is InChI=1S/C18H28N4O.2ClH/c1-21-8-10-22(11-9-21)14-15-4-2-5-16(12-15)18(23)20-13-17-6-3-7-19-17;;/h2,4-5,12,17,19H,3,6-11,13-14H2,1H3,(H,20,23);2*1H. The van der Waals surface area contributed by atoms with Gasteiger partial charge in [0.1, 0.15) is 0 Å². The summed E-state index contributed by atoms with van der Waals surface area (Å²) in [6.45, 7) is 7.16. The zero-order chi connectivity index (χ0) is 16.1. The molecule has 1 unspecified atom stereocenters. The van der Waals surface area contributed by atoms with E-state index in [1.807, 2.05) is 18.2 Å². The van der Waals surface area contributed by atoms with Gasteiger partial charge >= 0.3 is 0 Å². The first kappa shape index (κ1) is 22.2. The number of hydrogen-bond acceptors (Lipinski definition) is 4. The smallest absolute Gasteiger partial charge is 0.251 e. The van der Waals surface area contributed by atoms with Crippen molar-refractivity contribution in [1.82, 2.24) is 20.4 Å². The maximum atomic E-state index is 12.3. The molecule has 2 N–H and O–H groups in total. The van der Waals surface area contributed by atoms with Crippen LogP contribution in [0.4, 0.5) is 0 Å². The highest BCUT2D eigenvalue weighted by Crippen LogP contribution is 2.11. The molecule has 1 amide bonds. The third kappa shape index (κ3) is 6.76. The molecule has 0 radical (unpaired) electrons. The van der Waals surface area contributed by atoms with Crippen LogP contribution in [0.2, 0.25) is 0 Å². The highest BCUT2D eigenvalue weighted by Gasteiger charge is 2.16. The van der Waals surface area contributed by atoms with Crippen LogP contribution < -0.4 is 10.6 Å². The van der Waals surface area contributed by atoms with Crippen LogP contribution in [0.1, 0.15) is 28.8 Å². The van der Waals surface area contributed by atoms with Gasteiger partial charge in [-0.15, -0.1) is 24.8 Å². The number of likely N-dealkylation sites (N-methyl/N-ethyl adjacent to an activating group) is 1. The Labute approximate surface area is 163 Å². The van der Waals surface area contributed by atoms with E-state index < -0.39 is 0 Å². The number of carbonyl (C=O) groups is 1. The minimum Gasteiger partial charge on any atom is -0.350 e. The van der Waals surface area contributed by atoms with Gasteiger partial charge in [-0.25, -0.2) is 0 Å². The average molecular weight is 389 g/mol. The zero-order valence-corrected chi connectivity index (χ0v) is 16.5. The van der Waals surface area contributed by atoms with Gasteiger partial charge in [0.25, 0.3) is 5.91 Å². The van der Waals surface area contributed by atoms with Crippen molar-refractivity contribution in [2.45, 2.75) is 25.4 Å². The highest BCUT2D eigenvalue weighted by atomic mass is 35.5. The second kappa shape index (κ2) is 11.0. The van der Waals surface area contributed by atoms with E-state index in [0.29, 0.717) is 6.04 Å². The van der Waals surface area contributed by atoms with E-state index in [1.165, 1.54) is 12.0 Å². The predicted molar refractivity (Wildman–Crippen MR) is 107 cm³/mol. The van der Waals surface area contributed by atoms with Crippen LogP contribution >= 0.6 is 24.8 Å². The Morgan fingerprint density at radius 3 is 2.68 bits per heavy atom. The molecule has 0 aromatic heterocycles. The van der Waals surface area contributed by atoms with Crippen molar-refractivity contribution in [3.8, 4) is 0 Å². The fraction of sp³-hybridized carbons (Fsp3) is 0.611.